The summed E-state index contributed by atoms with van der Waals surface area (Å²) < 4.78 is 0. The molecule has 1 amide bonds. The van der Waals surface area contributed by atoms with Gasteiger partial charge in [-0.05, 0) is 43.0 Å². The number of rotatable bonds is 7. The zero-order valence-electron chi connectivity index (χ0n) is 16.7. The summed E-state index contributed by atoms with van der Waals surface area (Å²) in [7, 11) is 0. The molecule has 1 atom stereocenters. The Kier molecular flexibility index (Phi) is 6.94. The molecule has 28 heavy (non-hydrogen) atoms. The second kappa shape index (κ2) is 9.61. The summed E-state index contributed by atoms with van der Waals surface area (Å²) in [5.41, 5.74) is 7.23. The van der Waals surface area contributed by atoms with Crippen LogP contribution < -0.4 is 5.32 Å². The Hall–Kier alpha value is -2.52. The Morgan fingerprint density at radius 1 is 0.893 bits per heavy atom. The molecule has 0 aliphatic carbocycles. The number of carbonyl (C=O) groups excluding carboxylic acids is 1. The van der Waals surface area contributed by atoms with E-state index in [2.05, 4.69) is 68.6 Å². The summed E-state index contributed by atoms with van der Waals surface area (Å²) in [6.45, 7) is 6.31. The summed E-state index contributed by atoms with van der Waals surface area (Å²) in [4.78, 5) is 12.7. The van der Waals surface area contributed by atoms with Gasteiger partial charge in [-0.15, -0.1) is 11.8 Å². The summed E-state index contributed by atoms with van der Waals surface area (Å²) >= 11 is 1.66. The van der Waals surface area contributed by atoms with Crippen LogP contribution in [0.5, 0.6) is 0 Å². The minimum atomic E-state index is -0.128. The van der Waals surface area contributed by atoms with Crippen LogP contribution in [0.1, 0.15) is 39.4 Å². The largest absolute Gasteiger partial charge is 0.344 e. The quantitative estimate of drug-likeness (QED) is 0.557. The minimum absolute atomic E-state index is 0.0616. The Morgan fingerprint density at radius 3 is 2.21 bits per heavy atom. The van der Waals surface area contributed by atoms with Gasteiger partial charge in [0.25, 0.3) is 0 Å². The molecule has 1 N–H and O–H groups in total. The molecule has 0 saturated heterocycles. The second-order valence-electron chi connectivity index (χ2n) is 7.26. The third-order valence-electron chi connectivity index (χ3n) is 4.72. The van der Waals surface area contributed by atoms with E-state index in [-0.39, 0.29) is 11.9 Å². The number of carbonyl (C=O) groups is 1. The molecular formula is C25H27NOS. The Morgan fingerprint density at radius 2 is 1.54 bits per heavy atom. The molecule has 0 aromatic heterocycles. The maximum atomic E-state index is 12.7. The van der Waals surface area contributed by atoms with Crippen LogP contribution in [0.15, 0.2) is 72.8 Å². The van der Waals surface area contributed by atoms with Gasteiger partial charge in [-0.3, -0.25) is 4.79 Å². The first kappa shape index (κ1) is 20.2. The van der Waals surface area contributed by atoms with Crippen molar-refractivity contribution in [3.8, 4) is 0 Å². The highest BCUT2D eigenvalue weighted by Gasteiger charge is 2.18. The van der Waals surface area contributed by atoms with Crippen molar-refractivity contribution in [3.05, 3.63) is 106 Å². The van der Waals surface area contributed by atoms with Crippen LogP contribution in [0.3, 0.4) is 0 Å². The fraction of sp³-hybridized carbons (Fsp3) is 0.240. The fourth-order valence-electron chi connectivity index (χ4n) is 3.51. The minimum Gasteiger partial charge on any atom is -0.344 e. The molecule has 0 radical (unpaired) electrons. The molecule has 3 heteroatoms. The van der Waals surface area contributed by atoms with E-state index in [9.17, 15) is 4.79 Å². The molecule has 0 fully saturated rings. The number of hydrogen-bond acceptors (Lipinski definition) is 2. The van der Waals surface area contributed by atoms with Crippen LogP contribution in [0.2, 0.25) is 0 Å². The molecule has 0 saturated carbocycles. The first-order valence-corrected chi connectivity index (χ1v) is 10.7. The van der Waals surface area contributed by atoms with Crippen LogP contribution in [0.4, 0.5) is 0 Å². The predicted octanol–water partition coefficient (Wildman–Crippen LogP) is 5.75. The highest BCUT2D eigenvalue weighted by molar-refractivity contribution is 7.99. The molecule has 3 aromatic carbocycles. The van der Waals surface area contributed by atoms with E-state index in [1.807, 2.05) is 30.3 Å². The van der Waals surface area contributed by atoms with Crippen LogP contribution in [0, 0.1) is 20.8 Å². The van der Waals surface area contributed by atoms with Gasteiger partial charge >= 0.3 is 0 Å². The van der Waals surface area contributed by atoms with Crippen molar-refractivity contribution in [3.63, 3.8) is 0 Å². The topological polar surface area (TPSA) is 29.1 Å². The molecule has 144 valence electrons. The zero-order valence-corrected chi connectivity index (χ0v) is 17.6. The van der Waals surface area contributed by atoms with Gasteiger partial charge in [-0.2, -0.15) is 0 Å². The molecule has 3 rings (SSSR count). The van der Waals surface area contributed by atoms with Crippen molar-refractivity contribution >= 4 is 17.7 Å². The lowest BCUT2D eigenvalue weighted by atomic mass is 9.95. The first-order valence-electron chi connectivity index (χ1n) is 9.57. The molecule has 0 heterocycles. The standard InChI is InChI=1S/C25H27NOS/c1-18-13-19(2)15-21(14-18)16-28-17-24(27)26-25(22-10-5-4-6-11-22)23-12-8-7-9-20(23)3/h4-15,25H,16-17H2,1-3H3,(H,26,27). The number of hydrogen-bond donors (Lipinski definition) is 1. The molecule has 0 aliphatic rings. The third-order valence-corrected chi connectivity index (χ3v) is 5.72. The molecule has 3 aromatic rings. The van der Waals surface area contributed by atoms with Crippen LogP contribution in [-0.4, -0.2) is 11.7 Å². The predicted molar refractivity (Wildman–Crippen MR) is 120 cm³/mol. The van der Waals surface area contributed by atoms with Gasteiger partial charge in [-0.25, -0.2) is 0 Å². The van der Waals surface area contributed by atoms with Crippen molar-refractivity contribution in [1.29, 1.82) is 0 Å². The molecule has 0 aliphatic heterocycles. The number of nitrogens with one attached hydrogen (secondary N) is 1. The van der Waals surface area contributed by atoms with E-state index in [4.69, 9.17) is 0 Å². The number of aryl methyl sites for hydroxylation is 3. The van der Waals surface area contributed by atoms with Gasteiger partial charge in [0, 0.05) is 5.75 Å². The van der Waals surface area contributed by atoms with E-state index >= 15 is 0 Å². The summed E-state index contributed by atoms with van der Waals surface area (Å²) in [5.74, 6) is 1.35. The Balaban J connectivity index is 1.67. The Labute approximate surface area is 172 Å². The van der Waals surface area contributed by atoms with Crippen molar-refractivity contribution in [2.24, 2.45) is 0 Å². The maximum absolute atomic E-state index is 12.7. The van der Waals surface area contributed by atoms with Crippen LogP contribution >= 0.6 is 11.8 Å². The van der Waals surface area contributed by atoms with Crippen molar-refractivity contribution in [1.82, 2.24) is 5.32 Å². The van der Waals surface area contributed by atoms with Crippen molar-refractivity contribution < 1.29 is 4.79 Å². The summed E-state index contributed by atoms with van der Waals surface area (Å²) in [5, 5.41) is 3.24. The molecule has 0 spiro atoms. The van der Waals surface area contributed by atoms with Gasteiger partial charge < -0.3 is 5.32 Å². The van der Waals surface area contributed by atoms with E-state index in [1.165, 1.54) is 22.3 Å². The first-order chi connectivity index (χ1) is 13.5. The number of thioether (sulfide) groups is 1. The van der Waals surface area contributed by atoms with Crippen molar-refractivity contribution in [2.45, 2.75) is 32.6 Å². The molecule has 0 bridgehead atoms. The van der Waals surface area contributed by atoms with E-state index in [1.54, 1.807) is 11.8 Å². The van der Waals surface area contributed by atoms with E-state index < -0.39 is 0 Å². The second-order valence-corrected chi connectivity index (χ2v) is 8.24. The monoisotopic (exact) mass is 389 g/mol. The van der Waals surface area contributed by atoms with E-state index in [0.29, 0.717) is 5.75 Å². The van der Waals surface area contributed by atoms with Crippen molar-refractivity contribution in [2.75, 3.05) is 5.75 Å². The zero-order chi connectivity index (χ0) is 19.9. The fourth-order valence-corrected chi connectivity index (χ4v) is 4.29. The van der Waals surface area contributed by atoms with Gasteiger partial charge in [0.1, 0.15) is 0 Å². The lowest BCUT2D eigenvalue weighted by Crippen LogP contribution is -2.31. The summed E-state index contributed by atoms with van der Waals surface area (Å²) in [6, 6.07) is 24.8. The van der Waals surface area contributed by atoms with Gasteiger partial charge in [-0.1, -0.05) is 83.9 Å². The molecule has 1 unspecified atom stereocenters. The number of amides is 1. The summed E-state index contributed by atoms with van der Waals surface area (Å²) in [6.07, 6.45) is 0. The van der Waals surface area contributed by atoms with E-state index in [0.717, 1.165) is 16.9 Å². The Bertz CT molecular complexity index is 916. The van der Waals surface area contributed by atoms with Gasteiger partial charge in [0.2, 0.25) is 5.91 Å². The number of benzene rings is 3. The van der Waals surface area contributed by atoms with Gasteiger partial charge in [0.05, 0.1) is 11.8 Å². The highest BCUT2D eigenvalue weighted by Crippen LogP contribution is 2.25. The normalized spacial score (nSPS) is 11.8. The maximum Gasteiger partial charge on any atom is 0.230 e. The average molecular weight is 390 g/mol. The average Bonchev–Trinajstić information content (AvgIpc) is 2.67. The SMILES string of the molecule is Cc1cc(C)cc(CSCC(=O)NC(c2ccccc2)c2ccccc2C)c1. The van der Waals surface area contributed by atoms with Crippen LogP contribution in [0.25, 0.3) is 0 Å². The van der Waals surface area contributed by atoms with Gasteiger partial charge in [0.15, 0.2) is 0 Å². The molecule has 2 nitrogen and oxygen atoms in total. The smallest absolute Gasteiger partial charge is 0.230 e. The highest BCUT2D eigenvalue weighted by atomic mass is 32.2. The van der Waals surface area contributed by atoms with Crippen LogP contribution in [-0.2, 0) is 10.5 Å². The third kappa shape index (κ3) is 5.49. The lowest BCUT2D eigenvalue weighted by Gasteiger charge is -2.21. The lowest BCUT2D eigenvalue weighted by molar-refractivity contribution is -0.119. The molecular weight excluding hydrogens is 362 g/mol.